The SMILES string of the molecule is C=C.C=C.C=C.O=CC(O)C(O)C(O)C(O)CO. The van der Waals surface area contributed by atoms with E-state index in [9.17, 15) is 4.79 Å². The molecule has 0 aliphatic carbocycles. The minimum atomic E-state index is -1.79. The molecule has 0 radical (unpaired) electrons. The van der Waals surface area contributed by atoms with Crippen molar-refractivity contribution in [2.45, 2.75) is 24.4 Å². The van der Waals surface area contributed by atoms with E-state index in [0.29, 0.717) is 0 Å². The van der Waals surface area contributed by atoms with Gasteiger partial charge in [-0.05, 0) is 0 Å². The lowest BCUT2D eigenvalue weighted by atomic mass is 10.0. The van der Waals surface area contributed by atoms with Crippen molar-refractivity contribution in [1.82, 2.24) is 0 Å². The summed E-state index contributed by atoms with van der Waals surface area (Å²) < 4.78 is 0. The van der Waals surface area contributed by atoms with E-state index in [2.05, 4.69) is 39.5 Å². The van der Waals surface area contributed by atoms with Crippen molar-refractivity contribution in [3.63, 3.8) is 0 Å². The van der Waals surface area contributed by atoms with Crippen LogP contribution in [0, 0.1) is 0 Å². The Labute approximate surface area is 108 Å². The molecule has 0 bridgehead atoms. The smallest absolute Gasteiger partial charge is 0.151 e. The maximum Gasteiger partial charge on any atom is 0.151 e. The van der Waals surface area contributed by atoms with Crippen LogP contribution >= 0.6 is 0 Å². The molecular formula is C12H24O6. The Bertz CT molecular complexity index is 171. The molecule has 0 rings (SSSR count). The van der Waals surface area contributed by atoms with Crippen LogP contribution in [0.2, 0.25) is 0 Å². The molecule has 0 aromatic carbocycles. The number of carbonyl (C=O) groups is 1. The minimum Gasteiger partial charge on any atom is -0.394 e. The molecule has 0 aromatic heterocycles. The molecule has 108 valence electrons. The van der Waals surface area contributed by atoms with E-state index >= 15 is 0 Å². The molecule has 4 atom stereocenters. The first-order valence-corrected chi connectivity index (χ1v) is 4.83. The van der Waals surface area contributed by atoms with Crippen LogP contribution in [0.1, 0.15) is 0 Å². The van der Waals surface area contributed by atoms with Gasteiger partial charge >= 0.3 is 0 Å². The van der Waals surface area contributed by atoms with Crippen LogP contribution in [-0.4, -0.2) is 62.8 Å². The molecule has 0 spiro atoms. The monoisotopic (exact) mass is 264 g/mol. The number of aliphatic hydroxyl groups is 5. The van der Waals surface area contributed by atoms with Gasteiger partial charge in [0.2, 0.25) is 0 Å². The quantitative estimate of drug-likeness (QED) is 0.322. The molecule has 18 heavy (non-hydrogen) atoms. The minimum absolute atomic E-state index is 0.0258. The molecule has 6 nitrogen and oxygen atoms in total. The summed E-state index contributed by atoms with van der Waals surface area (Å²) in [6.07, 6.45) is -6.84. The third-order valence-electron chi connectivity index (χ3n) is 1.42. The van der Waals surface area contributed by atoms with Crippen LogP contribution in [0.5, 0.6) is 0 Å². The Morgan fingerprint density at radius 2 is 1.17 bits per heavy atom. The molecule has 0 saturated heterocycles. The molecule has 4 unspecified atom stereocenters. The van der Waals surface area contributed by atoms with Crippen LogP contribution < -0.4 is 0 Å². The van der Waals surface area contributed by atoms with Gasteiger partial charge in [-0.25, -0.2) is 0 Å². The zero-order valence-electron chi connectivity index (χ0n) is 10.5. The fourth-order valence-corrected chi connectivity index (χ4v) is 0.618. The molecular weight excluding hydrogens is 240 g/mol. The number of aliphatic hydroxyl groups excluding tert-OH is 5. The topological polar surface area (TPSA) is 118 Å². The standard InChI is InChI=1S/C6H12O6.3C2H4/c7-1-3(9)5(11)6(12)4(10)2-8;3*1-2/h1,3-6,8-12H,2H2;3*1-2H2. The highest BCUT2D eigenvalue weighted by Crippen LogP contribution is 2.02. The van der Waals surface area contributed by atoms with Gasteiger partial charge in [-0.15, -0.1) is 39.5 Å². The zero-order valence-corrected chi connectivity index (χ0v) is 10.5. The molecule has 0 aliphatic heterocycles. The van der Waals surface area contributed by atoms with Crippen LogP contribution in [0.15, 0.2) is 39.5 Å². The Kier molecular flexibility index (Phi) is 29.8. The van der Waals surface area contributed by atoms with E-state index in [1.54, 1.807) is 0 Å². The van der Waals surface area contributed by atoms with Crippen molar-refractivity contribution >= 4 is 6.29 Å². The summed E-state index contributed by atoms with van der Waals surface area (Å²) in [6.45, 7) is 17.2. The summed E-state index contributed by atoms with van der Waals surface area (Å²) in [4.78, 5) is 9.90. The number of carbonyl (C=O) groups excluding carboxylic acids is 1. The molecule has 0 heterocycles. The van der Waals surface area contributed by atoms with Crippen molar-refractivity contribution in [1.29, 1.82) is 0 Å². The number of rotatable bonds is 5. The fourth-order valence-electron chi connectivity index (χ4n) is 0.618. The summed E-state index contributed by atoms with van der Waals surface area (Å²) in [5.74, 6) is 0. The highest BCUT2D eigenvalue weighted by Gasteiger charge is 2.29. The van der Waals surface area contributed by atoms with Crippen molar-refractivity contribution in [2.24, 2.45) is 0 Å². The lowest BCUT2D eigenvalue weighted by molar-refractivity contribution is -0.136. The molecule has 0 aromatic rings. The molecule has 5 N–H and O–H groups in total. The van der Waals surface area contributed by atoms with E-state index in [-0.39, 0.29) is 6.29 Å². The highest BCUT2D eigenvalue weighted by molar-refractivity contribution is 5.56. The first kappa shape index (κ1) is 25.5. The van der Waals surface area contributed by atoms with Crippen LogP contribution in [-0.2, 0) is 4.79 Å². The third kappa shape index (κ3) is 12.8. The number of hydrogen-bond acceptors (Lipinski definition) is 6. The molecule has 6 heteroatoms. The largest absolute Gasteiger partial charge is 0.394 e. The predicted octanol–water partition coefficient (Wildman–Crippen LogP) is -0.972. The van der Waals surface area contributed by atoms with Gasteiger partial charge in [0.1, 0.15) is 24.4 Å². The van der Waals surface area contributed by atoms with Gasteiger partial charge in [-0.2, -0.15) is 0 Å². The fraction of sp³-hybridized carbons (Fsp3) is 0.417. The summed E-state index contributed by atoms with van der Waals surface area (Å²) in [5, 5.41) is 43.5. The number of hydrogen-bond donors (Lipinski definition) is 5. The van der Waals surface area contributed by atoms with E-state index in [0.717, 1.165) is 0 Å². The molecule has 0 aliphatic rings. The van der Waals surface area contributed by atoms with Crippen molar-refractivity contribution in [3.8, 4) is 0 Å². The normalized spacial score (nSPS) is 14.7. The van der Waals surface area contributed by atoms with Crippen LogP contribution in [0.25, 0.3) is 0 Å². The van der Waals surface area contributed by atoms with Gasteiger partial charge in [-0.1, -0.05) is 0 Å². The van der Waals surface area contributed by atoms with Gasteiger partial charge < -0.3 is 30.3 Å². The second-order valence-electron chi connectivity index (χ2n) is 2.36. The average Bonchev–Trinajstić information content (AvgIpc) is 2.49. The second kappa shape index (κ2) is 21.0. The van der Waals surface area contributed by atoms with Gasteiger partial charge in [0.15, 0.2) is 6.29 Å². The number of aldehydes is 1. The maximum absolute atomic E-state index is 9.90. The van der Waals surface area contributed by atoms with E-state index < -0.39 is 31.0 Å². The second-order valence-corrected chi connectivity index (χ2v) is 2.36. The van der Waals surface area contributed by atoms with Gasteiger partial charge in [0.25, 0.3) is 0 Å². The van der Waals surface area contributed by atoms with Crippen LogP contribution in [0.3, 0.4) is 0 Å². The van der Waals surface area contributed by atoms with Gasteiger partial charge in [-0.3, -0.25) is 0 Å². The van der Waals surface area contributed by atoms with Crippen molar-refractivity contribution in [2.75, 3.05) is 6.61 Å². The maximum atomic E-state index is 9.90. The van der Waals surface area contributed by atoms with Crippen molar-refractivity contribution in [3.05, 3.63) is 39.5 Å². The summed E-state index contributed by atoms with van der Waals surface area (Å²) >= 11 is 0. The Balaban J connectivity index is -0.000000141. The highest BCUT2D eigenvalue weighted by atomic mass is 16.4. The van der Waals surface area contributed by atoms with E-state index in [4.69, 9.17) is 25.5 Å². The molecule has 0 amide bonds. The lowest BCUT2D eigenvalue weighted by Gasteiger charge is -2.22. The van der Waals surface area contributed by atoms with Gasteiger partial charge in [0.05, 0.1) is 6.61 Å². The zero-order chi connectivity index (χ0) is 15.7. The molecule has 0 fully saturated rings. The third-order valence-corrected chi connectivity index (χ3v) is 1.42. The first-order valence-electron chi connectivity index (χ1n) is 4.83. The Hall–Kier alpha value is -1.31. The Morgan fingerprint density at radius 3 is 1.39 bits per heavy atom. The Morgan fingerprint density at radius 1 is 0.833 bits per heavy atom. The van der Waals surface area contributed by atoms with E-state index in [1.165, 1.54) is 0 Å². The molecule has 0 saturated carbocycles. The average molecular weight is 264 g/mol. The lowest BCUT2D eigenvalue weighted by Crippen LogP contribution is -2.46. The van der Waals surface area contributed by atoms with E-state index in [1.807, 2.05) is 0 Å². The summed E-state index contributed by atoms with van der Waals surface area (Å²) in [6, 6.07) is 0. The first-order chi connectivity index (χ1) is 8.54. The van der Waals surface area contributed by atoms with Crippen LogP contribution in [0.4, 0.5) is 0 Å². The summed E-state index contributed by atoms with van der Waals surface area (Å²) in [5.41, 5.74) is 0. The predicted molar refractivity (Wildman–Crippen MR) is 70.9 cm³/mol. The van der Waals surface area contributed by atoms with Crippen molar-refractivity contribution < 1.29 is 30.3 Å². The van der Waals surface area contributed by atoms with Gasteiger partial charge in [0, 0.05) is 0 Å². The summed E-state index contributed by atoms with van der Waals surface area (Å²) in [7, 11) is 0.